The van der Waals surface area contributed by atoms with Crippen LogP contribution in [0.25, 0.3) is 6.08 Å². The molecule has 0 aliphatic rings. The van der Waals surface area contributed by atoms with Crippen molar-refractivity contribution in [2.24, 2.45) is 0 Å². The Morgan fingerprint density at radius 3 is 2.48 bits per heavy atom. The van der Waals surface area contributed by atoms with Crippen LogP contribution in [-0.2, 0) is 4.79 Å². The second-order valence-electron chi connectivity index (χ2n) is 4.43. The van der Waals surface area contributed by atoms with Crippen molar-refractivity contribution in [3.63, 3.8) is 0 Å². The van der Waals surface area contributed by atoms with E-state index in [4.69, 9.17) is 21.1 Å². The van der Waals surface area contributed by atoms with E-state index in [9.17, 15) is 9.59 Å². The van der Waals surface area contributed by atoms with Crippen LogP contribution in [0.2, 0.25) is 0 Å². The van der Waals surface area contributed by atoms with E-state index in [0.717, 1.165) is 0 Å². The van der Waals surface area contributed by atoms with E-state index >= 15 is 0 Å². The standard InChI is InChI=1S/C17H12ClIO4/c1-22-14-10-11(7-8-15(18)20)9-13(19)16(14)23-17(21)12-5-3-2-4-6-12/h2-10H,1H3/b8-7+. The van der Waals surface area contributed by atoms with Crippen LogP contribution < -0.4 is 9.47 Å². The number of carbonyl (C=O) groups is 2. The molecule has 0 fully saturated rings. The van der Waals surface area contributed by atoms with Crippen molar-refractivity contribution in [1.29, 1.82) is 0 Å². The van der Waals surface area contributed by atoms with Gasteiger partial charge in [0.05, 0.1) is 16.2 Å². The first-order chi connectivity index (χ1) is 11.0. The van der Waals surface area contributed by atoms with Gasteiger partial charge < -0.3 is 9.47 Å². The Morgan fingerprint density at radius 2 is 1.87 bits per heavy atom. The molecule has 0 aliphatic carbocycles. The fourth-order valence-corrected chi connectivity index (χ4v) is 2.62. The summed E-state index contributed by atoms with van der Waals surface area (Å²) in [5.41, 5.74) is 1.15. The lowest BCUT2D eigenvalue weighted by molar-refractivity contribution is -0.107. The van der Waals surface area contributed by atoms with Gasteiger partial charge in [-0.3, -0.25) is 4.79 Å². The highest BCUT2D eigenvalue weighted by Crippen LogP contribution is 2.35. The highest BCUT2D eigenvalue weighted by molar-refractivity contribution is 14.1. The molecule has 0 unspecified atom stereocenters. The van der Waals surface area contributed by atoms with Crippen LogP contribution in [0.1, 0.15) is 15.9 Å². The van der Waals surface area contributed by atoms with Crippen molar-refractivity contribution >= 4 is 51.5 Å². The molecule has 0 amide bonds. The molecule has 0 N–H and O–H groups in total. The summed E-state index contributed by atoms with van der Waals surface area (Å²) in [5, 5.41) is -0.571. The van der Waals surface area contributed by atoms with Crippen LogP contribution in [0.4, 0.5) is 0 Å². The average Bonchev–Trinajstić information content (AvgIpc) is 2.55. The minimum atomic E-state index is -0.571. The zero-order valence-electron chi connectivity index (χ0n) is 12.1. The summed E-state index contributed by atoms with van der Waals surface area (Å²) >= 11 is 7.32. The maximum absolute atomic E-state index is 12.2. The van der Waals surface area contributed by atoms with E-state index in [-0.39, 0.29) is 0 Å². The summed E-state index contributed by atoms with van der Waals surface area (Å²) in [4.78, 5) is 23.0. The number of ether oxygens (including phenoxy) is 2. The van der Waals surface area contributed by atoms with Crippen LogP contribution in [0.15, 0.2) is 48.5 Å². The third-order valence-corrected chi connectivity index (χ3v) is 3.79. The third-order valence-electron chi connectivity index (χ3n) is 2.86. The van der Waals surface area contributed by atoms with Crippen LogP contribution in [0.5, 0.6) is 11.5 Å². The molecule has 0 heterocycles. The molecule has 6 heteroatoms. The molecule has 0 saturated heterocycles. The number of rotatable bonds is 5. The summed E-state index contributed by atoms with van der Waals surface area (Å²) in [5.74, 6) is 0.250. The van der Waals surface area contributed by atoms with Gasteiger partial charge in [-0.15, -0.1) is 0 Å². The lowest BCUT2D eigenvalue weighted by Gasteiger charge is -2.12. The molecular weight excluding hydrogens is 431 g/mol. The van der Waals surface area contributed by atoms with E-state index in [1.807, 2.05) is 28.7 Å². The Labute approximate surface area is 152 Å². The van der Waals surface area contributed by atoms with E-state index in [1.165, 1.54) is 13.2 Å². The van der Waals surface area contributed by atoms with Gasteiger partial charge >= 0.3 is 5.97 Å². The van der Waals surface area contributed by atoms with Crippen molar-refractivity contribution in [2.45, 2.75) is 0 Å². The molecule has 4 nitrogen and oxygen atoms in total. The fraction of sp³-hybridized carbons (Fsp3) is 0.0588. The minimum Gasteiger partial charge on any atom is -0.493 e. The van der Waals surface area contributed by atoms with Gasteiger partial charge in [0.1, 0.15) is 0 Å². The van der Waals surface area contributed by atoms with Crippen molar-refractivity contribution in [3.05, 3.63) is 63.2 Å². The Bertz CT molecular complexity index is 757. The fourth-order valence-electron chi connectivity index (χ4n) is 1.82. The third kappa shape index (κ3) is 4.80. The van der Waals surface area contributed by atoms with E-state index in [2.05, 4.69) is 0 Å². The van der Waals surface area contributed by atoms with Crippen molar-refractivity contribution in [2.75, 3.05) is 7.11 Å². The van der Waals surface area contributed by atoms with Crippen LogP contribution >= 0.6 is 34.2 Å². The number of methoxy groups -OCH3 is 1. The molecule has 0 atom stereocenters. The SMILES string of the molecule is COc1cc(/C=C/C(=O)Cl)cc(I)c1OC(=O)c1ccccc1. The molecule has 2 rings (SSSR count). The highest BCUT2D eigenvalue weighted by Gasteiger charge is 2.16. The number of hydrogen-bond acceptors (Lipinski definition) is 4. The molecule has 118 valence electrons. The molecule has 23 heavy (non-hydrogen) atoms. The summed E-state index contributed by atoms with van der Waals surface area (Å²) in [6.07, 6.45) is 2.80. The number of carbonyl (C=O) groups excluding carboxylic acids is 2. The molecule has 0 aromatic heterocycles. The normalized spacial score (nSPS) is 10.6. The predicted molar refractivity (Wildman–Crippen MR) is 97.0 cm³/mol. The topological polar surface area (TPSA) is 52.6 Å². The van der Waals surface area contributed by atoms with E-state index < -0.39 is 11.2 Å². The number of hydrogen-bond donors (Lipinski definition) is 0. The summed E-state index contributed by atoms with van der Waals surface area (Å²) in [6, 6.07) is 12.1. The van der Waals surface area contributed by atoms with Crippen LogP contribution in [0, 0.1) is 3.57 Å². The van der Waals surface area contributed by atoms with Gasteiger partial charge in [0.2, 0.25) is 5.24 Å². The molecule has 0 radical (unpaired) electrons. The van der Waals surface area contributed by atoms with Gasteiger partial charge in [0.25, 0.3) is 0 Å². The molecule has 0 bridgehead atoms. The van der Waals surface area contributed by atoms with Gasteiger partial charge in [0, 0.05) is 0 Å². The number of halogens is 2. The maximum atomic E-state index is 12.2. The highest BCUT2D eigenvalue weighted by atomic mass is 127. The molecule has 2 aromatic rings. The van der Waals surface area contributed by atoms with E-state index in [1.54, 1.807) is 42.5 Å². The van der Waals surface area contributed by atoms with Crippen LogP contribution in [-0.4, -0.2) is 18.3 Å². The lowest BCUT2D eigenvalue weighted by Crippen LogP contribution is -2.10. The first-order valence-corrected chi connectivity index (χ1v) is 7.99. The Balaban J connectivity index is 2.31. The monoisotopic (exact) mass is 442 g/mol. The van der Waals surface area contributed by atoms with Gasteiger partial charge in [-0.2, -0.15) is 0 Å². The smallest absolute Gasteiger partial charge is 0.343 e. The largest absolute Gasteiger partial charge is 0.493 e. The second kappa shape index (κ2) is 8.12. The molecular formula is C17H12ClIO4. The van der Waals surface area contributed by atoms with Gasteiger partial charge in [0.15, 0.2) is 11.5 Å². The Morgan fingerprint density at radius 1 is 1.17 bits per heavy atom. The molecule has 0 saturated carbocycles. The molecule has 0 spiro atoms. The van der Waals surface area contributed by atoms with Gasteiger partial charge in [-0.05, 0) is 76.2 Å². The summed E-state index contributed by atoms with van der Waals surface area (Å²) < 4.78 is 11.4. The Kier molecular flexibility index (Phi) is 6.18. The molecule has 2 aromatic carbocycles. The first kappa shape index (κ1) is 17.5. The van der Waals surface area contributed by atoms with E-state index in [0.29, 0.717) is 26.2 Å². The van der Waals surface area contributed by atoms with Crippen LogP contribution in [0.3, 0.4) is 0 Å². The number of esters is 1. The summed E-state index contributed by atoms with van der Waals surface area (Å²) in [7, 11) is 1.48. The zero-order valence-corrected chi connectivity index (χ0v) is 15.0. The average molecular weight is 443 g/mol. The predicted octanol–water partition coefficient (Wildman–Crippen LogP) is 4.30. The van der Waals surface area contributed by atoms with Crippen molar-refractivity contribution in [3.8, 4) is 11.5 Å². The van der Waals surface area contributed by atoms with Gasteiger partial charge in [-0.25, -0.2) is 4.79 Å². The van der Waals surface area contributed by atoms with Crippen molar-refractivity contribution in [1.82, 2.24) is 0 Å². The maximum Gasteiger partial charge on any atom is 0.343 e. The lowest BCUT2D eigenvalue weighted by atomic mass is 10.2. The summed E-state index contributed by atoms with van der Waals surface area (Å²) in [6.45, 7) is 0. The number of benzene rings is 2. The quantitative estimate of drug-likeness (QED) is 0.228. The second-order valence-corrected chi connectivity index (χ2v) is 5.96. The number of allylic oxidation sites excluding steroid dienone is 1. The Hall–Kier alpha value is -1.86. The van der Waals surface area contributed by atoms with Gasteiger partial charge in [-0.1, -0.05) is 18.2 Å². The molecule has 0 aliphatic heterocycles. The minimum absolute atomic E-state index is 0.330. The van der Waals surface area contributed by atoms with Crippen molar-refractivity contribution < 1.29 is 19.1 Å². The zero-order chi connectivity index (χ0) is 16.8. The first-order valence-electron chi connectivity index (χ1n) is 6.53.